The molecule has 7 nitrogen and oxygen atoms in total. The van der Waals surface area contributed by atoms with Crippen LogP contribution in [0, 0.1) is 11.3 Å². The van der Waals surface area contributed by atoms with Gasteiger partial charge in [-0.15, -0.1) is 0 Å². The highest BCUT2D eigenvalue weighted by molar-refractivity contribution is 5.65. The van der Waals surface area contributed by atoms with Gasteiger partial charge in [-0.2, -0.15) is 10.2 Å². The minimum absolute atomic E-state index is 0.516. The van der Waals surface area contributed by atoms with E-state index in [1.54, 1.807) is 18.2 Å². The molecular weight excluding hydrogens is 350 g/mol. The zero-order valence-electron chi connectivity index (χ0n) is 16.3. The van der Waals surface area contributed by atoms with Gasteiger partial charge in [0.15, 0.2) is 0 Å². The fourth-order valence-electron chi connectivity index (χ4n) is 4.22. The van der Waals surface area contributed by atoms with Gasteiger partial charge in [0.25, 0.3) is 0 Å². The molecule has 1 atom stereocenters. The molecular formula is C21H27N7. The summed E-state index contributed by atoms with van der Waals surface area (Å²) in [6.07, 6.45) is 5.53. The molecule has 2 aliphatic rings. The van der Waals surface area contributed by atoms with Crippen molar-refractivity contribution in [3.8, 4) is 6.07 Å². The third kappa shape index (κ3) is 3.87. The molecule has 28 heavy (non-hydrogen) atoms. The van der Waals surface area contributed by atoms with E-state index >= 15 is 0 Å². The van der Waals surface area contributed by atoms with Gasteiger partial charge in [0.05, 0.1) is 17.3 Å². The topological polar surface area (TPSA) is 103 Å². The van der Waals surface area contributed by atoms with E-state index in [-0.39, 0.29) is 0 Å². The molecule has 0 saturated carbocycles. The summed E-state index contributed by atoms with van der Waals surface area (Å²) in [5.41, 5.74) is 10.2. The minimum Gasteiger partial charge on any atom is -0.399 e. The third-order valence-electron chi connectivity index (χ3n) is 5.48. The van der Waals surface area contributed by atoms with Gasteiger partial charge >= 0.3 is 0 Å². The zero-order chi connectivity index (χ0) is 19.5. The van der Waals surface area contributed by atoms with Crippen LogP contribution in [0.2, 0.25) is 0 Å². The van der Waals surface area contributed by atoms with Crippen molar-refractivity contribution in [3.63, 3.8) is 0 Å². The van der Waals surface area contributed by atoms with E-state index in [2.05, 4.69) is 28.5 Å². The molecule has 2 aromatic rings. The fourth-order valence-corrected chi connectivity index (χ4v) is 4.22. The average Bonchev–Trinajstić information content (AvgIpc) is 3.15. The second-order valence-corrected chi connectivity index (χ2v) is 7.57. The Kier molecular flexibility index (Phi) is 5.31. The largest absolute Gasteiger partial charge is 0.399 e. The van der Waals surface area contributed by atoms with E-state index in [1.807, 2.05) is 0 Å². The maximum absolute atomic E-state index is 9.19. The van der Waals surface area contributed by atoms with Crippen LogP contribution in [-0.2, 0) is 12.8 Å². The first kappa shape index (κ1) is 18.5. The van der Waals surface area contributed by atoms with E-state index in [0.29, 0.717) is 23.2 Å². The maximum Gasteiger partial charge on any atom is 0.229 e. The Morgan fingerprint density at radius 1 is 1.25 bits per heavy atom. The van der Waals surface area contributed by atoms with Crippen LogP contribution in [0.15, 0.2) is 18.2 Å². The molecule has 1 aromatic heterocycles. The highest BCUT2D eigenvalue weighted by atomic mass is 15.3. The van der Waals surface area contributed by atoms with Crippen LogP contribution in [0.1, 0.15) is 43.0 Å². The molecule has 1 unspecified atom stereocenters. The summed E-state index contributed by atoms with van der Waals surface area (Å²) in [7, 11) is 0. The van der Waals surface area contributed by atoms with Gasteiger partial charge in [-0.25, -0.2) is 4.98 Å². The van der Waals surface area contributed by atoms with Gasteiger partial charge in [-0.05, 0) is 56.8 Å². The van der Waals surface area contributed by atoms with E-state index in [9.17, 15) is 5.26 Å². The van der Waals surface area contributed by atoms with Crippen LogP contribution in [0.5, 0.6) is 0 Å². The number of nitrogens with zero attached hydrogens (tertiary/aromatic N) is 4. The summed E-state index contributed by atoms with van der Waals surface area (Å²) in [6, 6.07) is 7.90. The zero-order valence-corrected chi connectivity index (χ0v) is 16.3. The molecule has 1 aromatic carbocycles. The van der Waals surface area contributed by atoms with Gasteiger partial charge < -0.3 is 21.3 Å². The number of nitrogens with two attached hydrogens (primary N) is 1. The molecule has 4 rings (SSSR count). The summed E-state index contributed by atoms with van der Waals surface area (Å²) in [5.74, 6) is 1.65. The number of nitrogen functional groups attached to an aromatic ring is 1. The molecule has 1 saturated heterocycles. The highest BCUT2D eigenvalue weighted by Gasteiger charge is 2.27. The summed E-state index contributed by atoms with van der Waals surface area (Å²) in [5, 5.41) is 16.0. The fraction of sp³-hybridized carbons (Fsp3) is 0.476. The molecule has 1 fully saturated rings. The van der Waals surface area contributed by atoms with Crippen molar-refractivity contribution >= 4 is 23.1 Å². The second kappa shape index (κ2) is 8.03. The first-order chi connectivity index (χ1) is 13.7. The number of benzene rings is 1. The monoisotopic (exact) mass is 377 g/mol. The first-order valence-corrected chi connectivity index (χ1v) is 10.1. The van der Waals surface area contributed by atoms with Crippen LogP contribution in [0.3, 0.4) is 0 Å². The van der Waals surface area contributed by atoms with Crippen molar-refractivity contribution in [3.05, 3.63) is 35.0 Å². The molecule has 0 radical (unpaired) electrons. The predicted molar refractivity (Wildman–Crippen MR) is 112 cm³/mol. The van der Waals surface area contributed by atoms with Crippen LogP contribution in [0.4, 0.5) is 23.1 Å². The Labute approximate surface area is 166 Å². The van der Waals surface area contributed by atoms with Crippen LogP contribution >= 0.6 is 0 Å². The van der Waals surface area contributed by atoms with Crippen molar-refractivity contribution < 1.29 is 0 Å². The molecule has 0 bridgehead atoms. The quantitative estimate of drug-likeness (QED) is 0.688. The number of hydrogen-bond acceptors (Lipinski definition) is 7. The van der Waals surface area contributed by atoms with E-state index < -0.39 is 0 Å². The maximum atomic E-state index is 9.19. The van der Waals surface area contributed by atoms with Gasteiger partial charge in [0.2, 0.25) is 5.95 Å². The van der Waals surface area contributed by atoms with Gasteiger partial charge in [0.1, 0.15) is 5.82 Å². The molecule has 0 spiro atoms. The minimum atomic E-state index is 0.516. The number of aromatic nitrogens is 2. The number of fused-ring (bicyclic) bond motifs is 1. The number of nitriles is 1. The summed E-state index contributed by atoms with van der Waals surface area (Å²) >= 11 is 0. The Morgan fingerprint density at radius 3 is 2.93 bits per heavy atom. The lowest BCUT2D eigenvalue weighted by Gasteiger charge is -2.25. The van der Waals surface area contributed by atoms with Gasteiger partial charge in [0, 0.05) is 36.1 Å². The summed E-state index contributed by atoms with van der Waals surface area (Å²) < 4.78 is 0. The van der Waals surface area contributed by atoms with Crippen LogP contribution in [0.25, 0.3) is 0 Å². The molecule has 7 heteroatoms. The number of aryl methyl sites for hydroxylation is 1. The second-order valence-electron chi connectivity index (χ2n) is 7.57. The molecule has 1 aliphatic carbocycles. The number of rotatable bonds is 5. The predicted octanol–water partition coefficient (Wildman–Crippen LogP) is 2.74. The Morgan fingerprint density at radius 2 is 2.11 bits per heavy atom. The van der Waals surface area contributed by atoms with Crippen molar-refractivity contribution in [2.24, 2.45) is 0 Å². The van der Waals surface area contributed by atoms with Crippen molar-refractivity contribution in [2.75, 3.05) is 35.6 Å². The summed E-state index contributed by atoms with van der Waals surface area (Å²) in [6.45, 7) is 5.13. The Hall–Kier alpha value is -2.85. The normalized spacial score (nSPS) is 18.6. The SMILES string of the molecule is CCNC1CCN(c2nc(Nc3cc(N)cc(C#N)c3)nc3c2CCCC3)C1. The average molecular weight is 377 g/mol. The highest BCUT2D eigenvalue weighted by Crippen LogP contribution is 2.32. The number of likely N-dealkylation sites (N-methyl/N-ethyl adjacent to an activating group) is 1. The van der Waals surface area contributed by atoms with Gasteiger partial charge in [-0.1, -0.05) is 6.92 Å². The number of nitrogens with one attached hydrogen (secondary N) is 2. The van der Waals surface area contributed by atoms with E-state index in [1.165, 1.54) is 18.4 Å². The molecule has 1 aliphatic heterocycles. The molecule has 2 heterocycles. The Bertz CT molecular complexity index is 902. The molecule has 0 amide bonds. The first-order valence-electron chi connectivity index (χ1n) is 10.1. The number of hydrogen-bond donors (Lipinski definition) is 3. The van der Waals surface area contributed by atoms with Crippen LogP contribution in [-0.4, -0.2) is 35.6 Å². The smallest absolute Gasteiger partial charge is 0.229 e. The molecule has 4 N–H and O–H groups in total. The van der Waals surface area contributed by atoms with E-state index in [0.717, 1.165) is 56.1 Å². The standard InChI is InChI=1S/C21H27N7/c1-2-24-16-7-8-28(13-16)20-18-5-3-4-6-19(18)26-21(27-20)25-17-10-14(12-22)9-15(23)11-17/h9-11,16,24H,2-8,13,23H2,1H3,(H,25,26,27). The lowest BCUT2D eigenvalue weighted by atomic mass is 9.96. The van der Waals surface area contributed by atoms with Crippen molar-refractivity contribution in [1.82, 2.24) is 15.3 Å². The van der Waals surface area contributed by atoms with Crippen molar-refractivity contribution in [1.29, 1.82) is 5.26 Å². The lowest BCUT2D eigenvalue weighted by Crippen LogP contribution is -2.33. The van der Waals surface area contributed by atoms with Crippen LogP contribution < -0.4 is 21.3 Å². The lowest BCUT2D eigenvalue weighted by molar-refractivity contribution is 0.571. The molecule has 146 valence electrons. The third-order valence-corrected chi connectivity index (χ3v) is 5.48. The van der Waals surface area contributed by atoms with E-state index in [4.69, 9.17) is 15.7 Å². The van der Waals surface area contributed by atoms with Crippen molar-refractivity contribution in [2.45, 2.75) is 45.1 Å². The number of anilines is 4. The van der Waals surface area contributed by atoms with Gasteiger partial charge in [-0.3, -0.25) is 0 Å². The Balaban J connectivity index is 1.66. The summed E-state index contributed by atoms with van der Waals surface area (Å²) in [4.78, 5) is 12.1.